The molecule has 0 aliphatic rings. The van der Waals surface area contributed by atoms with Gasteiger partial charge in [-0.25, -0.2) is 0 Å². The zero-order valence-electron chi connectivity index (χ0n) is 17.5. The molecule has 0 aliphatic heterocycles. The summed E-state index contributed by atoms with van der Waals surface area (Å²) in [7, 11) is 5.71. The van der Waals surface area contributed by atoms with Gasteiger partial charge in [0.1, 0.15) is 33.0 Å². The first kappa shape index (κ1) is 24.2. The summed E-state index contributed by atoms with van der Waals surface area (Å²) in [5, 5.41) is 11.0. The molecule has 0 bridgehead atoms. The van der Waals surface area contributed by atoms with E-state index in [9.17, 15) is 9.59 Å². The summed E-state index contributed by atoms with van der Waals surface area (Å²) in [6, 6.07) is 4.58. The maximum atomic E-state index is 12.7. The van der Waals surface area contributed by atoms with Crippen LogP contribution in [0, 0.1) is 0 Å². The SMILES string of the molecule is COc1cc(N=NC(C(C)=O)C(=O)Nc2cc(OC)c(Cl)c(OC)c2)cc(OC)c1Cl. The standard InChI is InChI=1S/C20H21Cl2N3O6/c1-10(26)19(25-24-12-8-15(30-4)18(22)16(9-12)31-5)20(27)23-11-6-13(28-2)17(21)14(7-11)29-3/h6-9,19H,1-5H3,(H,23,27). The molecule has 0 aliphatic carbocycles. The number of anilines is 1. The van der Waals surface area contributed by atoms with E-state index in [1.54, 1.807) is 0 Å². The number of amides is 1. The largest absolute Gasteiger partial charge is 0.495 e. The van der Waals surface area contributed by atoms with Crippen molar-refractivity contribution in [3.05, 3.63) is 34.3 Å². The van der Waals surface area contributed by atoms with E-state index in [0.717, 1.165) is 0 Å². The van der Waals surface area contributed by atoms with Crippen molar-refractivity contribution in [1.29, 1.82) is 0 Å². The molecule has 9 nitrogen and oxygen atoms in total. The maximum absolute atomic E-state index is 12.7. The van der Waals surface area contributed by atoms with Crippen molar-refractivity contribution in [2.75, 3.05) is 33.8 Å². The lowest BCUT2D eigenvalue weighted by Gasteiger charge is -2.14. The van der Waals surface area contributed by atoms with Gasteiger partial charge in [-0.2, -0.15) is 10.2 Å². The van der Waals surface area contributed by atoms with Crippen molar-refractivity contribution < 1.29 is 28.5 Å². The average molecular weight is 470 g/mol. The summed E-state index contributed by atoms with van der Waals surface area (Å²) in [6.07, 6.45) is 0. The van der Waals surface area contributed by atoms with Gasteiger partial charge in [0.05, 0.1) is 34.1 Å². The normalized spacial score (nSPS) is 11.7. The fourth-order valence-corrected chi connectivity index (χ4v) is 3.03. The zero-order chi connectivity index (χ0) is 23.1. The van der Waals surface area contributed by atoms with Crippen LogP contribution < -0.4 is 24.3 Å². The van der Waals surface area contributed by atoms with Gasteiger partial charge in [-0.15, -0.1) is 0 Å². The third kappa shape index (κ3) is 5.77. The van der Waals surface area contributed by atoms with Crippen LogP contribution in [0.3, 0.4) is 0 Å². The first-order valence-corrected chi connectivity index (χ1v) is 9.56. The highest BCUT2D eigenvalue weighted by atomic mass is 35.5. The maximum Gasteiger partial charge on any atom is 0.258 e. The Morgan fingerprint density at radius 1 is 0.839 bits per heavy atom. The Morgan fingerprint density at radius 2 is 1.26 bits per heavy atom. The minimum atomic E-state index is -1.40. The number of rotatable bonds is 9. The van der Waals surface area contributed by atoms with Crippen LogP contribution in [0.15, 0.2) is 34.5 Å². The lowest BCUT2D eigenvalue weighted by atomic mass is 10.2. The average Bonchev–Trinajstić information content (AvgIpc) is 2.75. The molecule has 2 aromatic carbocycles. The Morgan fingerprint density at radius 3 is 1.65 bits per heavy atom. The highest BCUT2D eigenvalue weighted by Gasteiger charge is 2.24. The number of carbonyl (C=O) groups is 2. The molecule has 2 rings (SSSR count). The van der Waals surface area contributed by atoms with E-state index in [-0.39, 0.29) is 27.2 Å². The number of azo groups is 1. The van der Waals surface area contributed by atoms with Gasteiger partial charge in [-0.05, 0) is 6.92 Å². The van der Waals surface area contributed by atoms with E-state index in [0.29, 0.717) is 17.2 Å². The number of ether oxygens (including phenoxy) is 4. The fraction of sp³-hybridized carbons (Fsp3) is 0.300. The van der Waals surface area contributed by atoms with Crippen molar-refractivity contribution in [3.8, 4) is 23.0 Å². The fourth-order valence-electron chi connectivity index (χ4n) is 2.51. The van der Waals surface area contributed by atoms with Gasteiger partial charge >= 0.3 is 0 Å². The molecule has 0 fully saturated rings. The molecular weight excluding hydrogens is 449 g/mol. The predicted octanol–water partition coefficient (Wildman–Crippen LogP) is 4.71. The molecule has 1 atom stereocenters. The van der Waals surface area contributed by atoms with E-state index in [4.69, 9.17) is 42.1 Å². The molecule has 11 heteroatoms. The Bertz CT molecular complexity index is 962. The predicted molar refractivity (Wildman–Crippen MR) is 117 cm³/mol. The lowest BCUT2D eigenvalue weighted by molar-refractivity contribution is -0.126. The minimum Gasteiger partial charge on any atom is -0.495 e. The van der Waals surface area contributed by atoms with E-state index < -0.39 is 17.7 Å². The van der Waals surface area contributed by atoms with Crippen LogP contribution in [0.4, 0.5) is 11.4 Å². The molecule has 1 amide bonds. The topological polar surface area (TPSA) is 108 Å². The molecule has 1 N–H and O–H groups in total. The van der Waals surface area contributed by atoms with Gasteiger partial charge in [0.25, 0.3) is 5.91 Å². The summed E-state index contributed by atoms with van der Waals surface area (Å²) in [4.78, 5) is 24.7. The van der Waals surface area contributed by atoms with Crippen molar-refractivity contribution >= 4 is 46.3 Å². The van der Waals surface area contributed by atoms with E-state index >= 15 is 0 Å². The molecule has 0 heterocycles. The second kappa shape index (κ2) is 10.8. The summed E-state index contributed by atoms with van der Waals surface area (Å²) < 4.78 is 20.7. The second-order valence-electron chi connectivity index (χ2n) is 6.08. The Balaban J connectivity index is 2.31. The number of carbonyl (C=O) groups excluding carboxylic acids is 2. The third-order valence-electron chi connectivity index (χ3n) is 4.07. The summed E-state index contributed by atoms with van der Waals surface area (Å²) >= 11 is 12.3. The van der Waals surface area contributed by atoms with Gasteiger partial charge in [-0.3, -0.25) is 9.59 Å². The number of halogens is 2. The Hall–Kier alpha value is -3.04. The van der Waals surface area contributed by atoms with Gasteiger partial charge < -0.3 is 24.3 Å². The molecule has 2 aromatic rings. The van der Waals surface area contributed by atoms with Crippen LogP contribution in [-0.2, 0) is 9.59 Å². The number of hydrogen-bond acceptors (Lipinski definition) is 8. The van der Waals surface area contributed by atoms with Crippen LogP contribution in [0.1, 0.15) is 6.92 Å². The molecule has 31 heavy (non-hydrogen) atoms. The molecule has 0 saturated carbocycles. The van der Waals surface area contributed by atoms with Crippen molar-refractivity contribution in [2.45, 2.75) is 13.0 Å². The van der Waals surface area contributed by atoms with Gasteiger partial charge in [-0.1, -0.05) is 23.2 Å². The van der Waals surface area contributed by atoms with Crippen molar-refractivity contribution in [3.63, 3.8) is 0 Å². The molecule has 0 aromatic heterocycles. The van der Waals surface area contributed by atoms with Crippen LogP contribution in [-0.4, -0.2) is 46.2 Å². The third-order valence-corrected chi connectivity index (χ3v) is 4.81. The summed E-state index contributed by atoms with van der Waals surface area (Å²) in [5.74, 6) is -0.0220. The van der Waals surface area contributed by atoms with Crippen molar-refractivity contribution in [1.82, 2.24) is 0 Å². The summed E-state index contributed by atoms with van der Waals surface area (Å²) in [6.45, 7) is 1.23. The van der Waals surface area contributed by atoms with Crippen LogP contribution >= 0.6 is 23.2 Å². The molecule has 166 valence electrons. The second-order valence-corrected chi connectivity index (χ2v) is 6.83. The number of Topliss-reactive ketones (excluding diaryl/α,β-unsaturated/α-hetero) is 1. The molecule has 0 saturated heterocycles. The Labute approximate surface area is 189 Å². The molecular formula is C20H21Cl2N3O6. The van der Waals surface area contributed by atoms with E-state index in [1.165, 1.54) is 59.6 Å². The first-order chi connectivity index (χ1) is 14.7. The molecule has 1 unspecified atom stereocenters. The highest BCUT2D eigenvalue weighted by Crippen LogP contribution is 2.39. The van der Waals surface area contributed by atoms with E-state index in [2.05, 4.69) is 15.5 Å². The van der Waals surface area contributed by atoms with Gasteiger partial charge in [0.2, 0.25) is 6.04 Å². The number of ketones is 1. The summed E-state index contributed by atoms with van der Waals surface area (Å²) in [5.41, 5.74) is 0.589. The van der Waals surface area contributed by atoms with Crippen molar-refractivity contribution in [2.24, 2.45) is 10.2 Å². The zero-order valence-corrected chi connectivity index (χ0v) is 19.0. The molecule has 0 spiro atoms. The Kier molecular flexibility index (Phi) is 8.47. The number of hydrogen-bond donors (Lipinski definition) is 1. The number of benzene rings is 2. The first-order valence-electron chi connectivity index (χ1n) is 8.80. The number of methoxy groups -OCH3 is 4. The number of nitrogens with zero attached hydrogens (tertiary/aromatic N) is 2. The van der Waals surface area contributed by atoms with E-state index in [1.807, 2.05) is 0 Å². The minimum absolute atomic E-state index is 0.247. The lowest BCUT2D eigenvalue weighted by Crippen LogP contribution is -2.31. The van der Waals surface area contributed by atoms with Gasteiger partial charge in [0, 0.05) is 30.0 Å². The monoisotopic (exact) mass is 469 g/mol. The smallest absolute Gasteiger partial charge is 0.258 e. The van der Waals surface area contributed by atoms with Crippen LogP contribution in [0.2, 0.25) is 10.0 Å². The van der Waals surface area contributed by atoms with Crippen LogP contribution in [0.5, 0.6) is 23.0 Å². The molecule has 0 radical (unpaired) electrons. The quantitative estimate of drug-likeness (QED) is 0.420. The highest BCUT2D eigenvalue weighted by molar-refractivity contribution is 6.34. The van der Waals surface area contributed by atoms with Crippen LogP contribution in [0.25, 0.3) is 0 Å². The van der Waals surface area contributed by atoms with Gasteiger partial charge in [0.15, 0.2) is 5.78 Å². The number of nitrogens with one attached hydrogen (secondary N) is 1.